The number of benzene rings is 1. The summed E-state index contributed by atoms with van der Waals surface area (Å²) < 4.78 is 3.39. The van der Waals surface area contributed by atoms with Crippen molar-refractivity contribution in [1.29, 1.82) is 0 Å². The van der Waals surface area contributed by atoms with Gasteiger partial charge in [0, 0.05) is 67.9 Å². The first-order valence-electron chi connectivity index (χ1n) is 10.6. The topological polar surface area (TPSA) is 101 Å². The van der Waals surface area contributed by atoms with E-state index in [9.17, 15) is 9.90 Å². The first-order valence-corrected chi connectivity index (χ1v) is 10.6. The van der Waals surface area contributed by atoms with E-state index in [0.717, 1.165) is 47.4 Å². The average molecular weight is 432 g/mol. The highest BCUT2D eigenvalue weighted by Gasteiger charge is 2.21. The maximum Gasteiger partial charge on any atom is 0.229 e. The van der Waals surface area contributed by atoms with Gasteiger partial charge in [0.2, 0.25) is 11.9 Å². The second-order valence-electron chi connectivity index (χ2n) is 8.20. The maximum absolute atomic E-state index is 11.7. The first-order chi connectivity index (χ1) is 15.5. The number of nitrogens with one attached hydrogen (secondary N) is 1. The van der Waals surface area contributed by atoms with Crippen LogP contribution >= 0.6 is 0 Å². The number of carbonyl (C=O) groups excluding carboxylic acids is 1. The molecule has 1 aromatic carbocycles. The van der Waals surface area contributed by atoms with E-state index in [1.807, 2.05) is 43.5 Å². The molecule has 2 N–H and O–H groups in total. The van der Waals surface area contributed by atoms with Gasteiger partial charge in [0.1, 0.15) is 0 Å². The van der Waals surface area contributed by atoms with Gasteiger partial charge in [0.05, 0.1) is 17.3 Å². The molecule has 0 spiro atoms. The van der Waals surface area contributed by atoms with Crippen LogP contribution in [-0.4, -0.2) is 59.4 Å². The molecule has 9 nitrogen and oxygen atoms in total. The van der Waals surface area contributed by atoms with E-state index >= 15 is 0 Å². The Morgan fingerprint density at radius 1 is 1.28 bits per heavy atom. The summed E-state index contributed by atoms with van der Waals surface area (Å²) in [6.45, 7) is 5.89. The molecule has 0 amide bonds. The molecule has 1 saturated heterocycles. The summed E-state index contributed by atoms with van der Waals surface area (Å²) in [6, 6.07) is 9.50. The molecule has 1 fully saturated rings. The molecule has 1 aliphatic rings. The lowest BCUT2D eigenvalue weighted by atomic mass is 10.2. The third-order valence-corrected chi connectivity index (χ3v) is 5.80. The summed E-state index contributed by atoms with van der Waals surface area (Å²) >= 11 is 0. The van der Waals surface area contributed by atoms with E-state index in [1.54, 1.807) is 28.6 Å². The van der Waals surface area contributed by atoms with Crippen molar-refractivity contribution >= 4 is 28.4 Å². The molecule has 5 rings (SSSR count). The van der Waals surface area contributed by atoms with Gasteiger partial charge in [-0.05, 0) is 37.6 Å². The average Bonchev–Trinajstić information content (AvgIpc) is 3.47. The molecular formula is C23H25N7O2. The molecule has 4 aromatic rings. The van der Waals surface area contributed by atoms with Gasteiger partial charge in [-0.3, -0.25) is 14.3 Å². The Bertz CT molecular complexity index is 1290. The van der Waals surface area contributed by atoms with E-state index < -0.39 is 0 Å². The van der Waals surface area contributed by atoms with Crippen LogP contribution in [0.3, 0.4) is 0 Å². The number of hydrogen-bond donors (Lipinski definition) is 2. The zero-order valence-electron chi connectivity index (χ0n) is 18.1. The Balaban J connectivity index is 1.35. The Morgan fingerprint density at radius 3 is 2.94 bits per heavy atom. The highest BCUT2D eigenvalue weighted by Crippen LogP contribution is 2.23. The number of aromatic nitrogens is 5. The molecule has 3 aromatic heterocycles. The van der Waals surface area contributed by atoms with Crippen molar-refractivity contribution < 1.29 is 9.90 Å². The zero-order chi connectivity index (χ0) is 22.2. The minimum atomic E-state index is -0.235. The monoisotopic (exact) mass is 431 g/mol. The number of aliphatic hydroxyl groups excluding tert-OH is 1. The van der Waals surface area contributed by atoms with Crippen LogP contribution in [0.15, 0.2) is 48.9 Å². The van der Waals surface area contributed by atoms with Crippen molar-refractivity contribution in [2.24, 2.45) is 0 Å². The Morgan fingerprint density at radius 2 is 2.16 bits per heavy atom. The summed E-state index contributed by atoms with van der Waals surface area (Å²) in [5.74, 6) is 1.11. The van der Waals surface area contributed by atoms with Crippen molar-refractivity contribution in [3.05, 3.63) is 60.2 Å². The van der Waals surface area contributed by atoms with Gasteiger partial charge in [0.15, 0.2) is 5.82 Å². The Hall–Kier alpha value is -3.56. The number of aryl methyl sites for hydroxylation is 1. The van der Waals surface area contributed by atoms with Crippen LogP contribution in [0.2, 0.25) is 0 Å². The van der Waals surface area contributed by atoms with Gasteiger partial charge < -0.3 is 10.4 Å². The van der Waals surface area contributed by atoms with Crippen molar-refractivity contribution in [1.82, 2.24) is 29.2 Å². The third-order valence-electron chi connectivity index (χ3n) is 5.80. The van der Waals surface area contributed by atoms with E-state index in [4.69, 9.17) is 0 Å². The second kappa shape index (κ2) is 8.18. The van der Waals surface area contributed by atoms with Gasteiger partial charge in [-0.25, -0.2) is 9.67 Å². The number of fused-ring (bicyclic) bond motifs is 1. The quantitative estimate of drug-likeness (QED) is 0.501. The molecule has 164 valence electrons. The molecule has 1 atom stereocenters. The smallest absolute Gasteiger partial charge is 0.229 e. The minimum Gasteiger partial charge on any atom is -0.392 e. The van der Waals surface area contributed by atoms with Gasteiger partial charge in [-0.1, -0.05) is 0 Å². The van der Waals surface area contributed by atoms with E-state index in [1.165, 1.54) is 0 Å². The molecule has 1 aliphatic heterocycles. The van der Waals surface area contributed by atoms with Gasteiger partial charge >= 0.3 is 0 Å². The number of anilines is 2. The summed E-state index contributed by atoms with van der Waals surface area (Å²) in [4.78, 5) is 22.9. The maximum atomic E-state index is 11.7. The highest BCUT2D eigenvalue weighted by molar-refractivity contribution is 5.93. The Kier molecular flexibility index (Phi) is 5.20. The van der Waals surface area contributed by atoms with Crippen LogP contribution in [0.25, 0.3) is 16.7 Å². The van der Waals surface area contributed by atoms with Crippen molar-refractivity contribution in [2.45, 2.75) is 32.9 Å². The van der Waals surface area contributed by atoms with Crippen LogP contribution < -0.4 is 5.32 Å². The van der Waals surface area contributed by atoms with E-state index in [-0.39, 0.29) is 12.0 Å². The largest absolute Gasteiger partial charge is 0.392 e. The molecule has 0 aliphatic carbocycles. The first kappa shape index (κ1) is 20.3. The standard InChI is InChI=1S/C23H25N7O2/c1-15-18(12-28-9-7-20(32)14-28)13-30(27-15)22-5-8-24-23(26-22)25-19-3-4-21-17(11-19)6-10-29(21)16(2)31/h3-6,8,10-11,13,20,32H,7,9,12,14H2,1-2H3,(H,24,25,26)/t20-/m1/s1. The van der Waals surface area contributed by atoms with Gasteiger partial charge in [0.25, 0.3) is 0 Å². The normalized spacial score (nSPS) is 16.7. The molecule has 0 unspecified atom stereocenters. The van der Waals surface area contributed by atoms with E-state index in [0.29, 0.717) is 18.3 Å². The molecule has 9 heteroatoms. The zero-order valence-corrected chi connectivity index (χ0v) is 18.1. The van der Waals surface area contributed by atoms with Crippen molar-refractivity contribution in [3.8, 4) is 5.82 Å². The number of β-amino-alcohol motifs (C(OH)–C–C–N with tert-alkyl or cyclic N) is 1. The Labute approximate surface area is 185 Å². The summed E-state index contributed by atoms with van der Waals surface area (Å²) in [6.07, 6.45) is 6.04. The van der Waals surface area contributed by atoms with Crippen LogP contribution in [-0.2, 0) is 6.54 Å². The summed E-state index contributed by atoms with van der Waals surface area (Å²) in [5, 5.41) is 18.6. The molecule has 32 heavy (non-hydrogen) atoms. The fourth-order valence-corrected chi connectivity index (χ4v) is 4.13. The van der Waals surface area contributed by atoms with Gasteiger partial charge in [-0.2, -0.15) is 10.1 Å². The van der Waals surface area contributed by atoms with Gasteiger partial charge in [-0.15, -0.1) is 0 Å². The number of hydrogen-bond acceptors (Lipinski definition) is 7. The van der Waals surface area contributed by atoms with E-state index in [2.05, 4.69) is 25.3 Å². The van der Waals surface area contributed by atoms with Crippen LogP contribution in [0.4, 0.5) is 11.6 Å². The van der Waals surface area contributed by atoms with Crippen LogP contribution in [0.1, 0.15) is 29.4 Å². The number of aliphatic hydroxyl groups is 1. The predicted octanol–water partition coefficient (Wildman–Crippen LogP) is 2.90. The lowest BCUT2D eigenvalue weighted by Gasteiger charge is -2.13. The van der Waals surface area contributed by atoms with Crippen molar-refractivity contribution in [2.75, 3.05) is 18.4 Å². The van der Waals surface area contributed by atoms with Crippen LogP contribution in [0.5, 0.6) is 0 Å². The molecule has 4 heterocycles. The second-order valence-corrected chi connectivity index (χ2v) is 8.20. The predicted molar refractivity (Wildman–Crippen MR) is 121 cm³/mol. The minimum absolute atomic E-state index is 0.0217. The number of rotatable bonds is 5. The van der Waals surface area contributed by atoms with Crippen LogP contribution in [0, 0.1) is 6.92 Å². The van der Waals surface area contributed by atoms with Crippen molar-refractivity contribution in [3.63, 3.8) is 0 Å². The third kappa shape index (κ3) is 4.00. The lowest BCUT2D eigenvalue weighted by molar-refractivity contribution is 0.0941. The number of nitrogens with zero attached hydrogens (tertiary/aromatic N) is 6. The molecule has 0 bridgehead atoms. The fourth-order valence-electron chi connectivity index (χ4n) is 4.13. The summed E-state index contributed by atoms with van der Waals surface area (Å²) in [7, 11) is 0. The lowest BCUT2D eigenvalue weighted by Crippen LogP contribution is -2.21. The summed E-state index contributed by atoms with van der Waals surface area (Å²) in [5.41, 5.74) is 3.76. The fraction of sp³-hybridized carbons (Fsp3) is 0.304. The highest BCUT2D eigenvalue weighted by atomic mass is 16.3. The SMILES string of the molecule is CC(=O)n1ccc2cc(Nc3nccc(-n4cc(CN5CC[C@@H](O)C5)c(C)n4)n3)ccc21. The number of carbonyl (C=O) groups is 1. The molecule has 0 saturated carbocycles. The molecular weight excluding hydrogens is 406 g/mol. The molecule has 0 radical (unpaired) electrons. The number of likely N-dealkylation sites (tertiary alicyclic amines) is 1.